The zero-order valence-electron chi connectivity index (χ0n) is 19.5. The van der Waals surface area contributed by atoms with E-state index in [2.05, 4.69) is 11.4 Å². The number of nitrogens with one attached hydrogen (secondary N) is 1. The molecule has 0 saturated heterocycles. The van der Waals surface area contributed by atoms with Crippen molar-refractivity contribution in [3.05, 3.63) is 111 Å². The molecule has 2 atom stereocenters. The Morgan fingerprint density at radius 1 is 1.09 bits per heavy atom. The first-order chi connectivity index (χ1) is 17.0. The van der Waals surface area contributed by atoms with Crippen molar-refractivity contribution in [2.45, 2.75) is 38.0 Å². The summed E-state index contributed by atoms with van der Waals surface area (Å²) in [4.78, 5) is 28.1. The van der Waals surface area contributed by atoms with Gasteiger partial charge in [-0.1, -0.05) is 48.5 Å². The molecular weight excluding hydrogens is 458 g/mol. The molecular formula is C29H27NO4S. The lowest BCUT2D eigenvalue weighted by atomic mass is 9.72. The molecule has 6 heteroatoms. The third kappa shape index (κ3) is 4.80. The van der Waals surface area contributed by atoms with Gasteiger partial charge in [-0.05, 0) is 48.1 Å². The van der Waals surface area contributed by atoms with E-state index in [4.69, 9.17) is 4.74 Å². The fourth-order valence-corrected chi connectivity index (χ4v) is 5.89. The Kier molecular flexibility index (Phi) is 6.55. The number of ether oxygens (including phenoxy) is 1. The van der Waals surface area contributed by atoms with Crippen molar-refractivity contribution in [3.8, 4) is 5.75 Å². The number of aromatic hydroxyl groups is 1. The molecule has 2 heterocycles. The summed E-state index contributed by atoms with van der Waals surface area (Å²) < 4.78 is 5.70. The van der Waals surface area contributed by atoms with Gasteiger partial charge in [-0.3, -0.25) is 4.79 Å². The molecule has 2 unspecified atom stereocenters. The normalized spacial score (nSPS) is 19.9. The SMILES string of the molecule is CC1=C(C(=O)OCCc2ccccc2)C(c2cccc(O)c2)C2=C(CC(c3cccs3)CC2=O)N1. The molecule has 0 amide bonds. The van der Waals surface area contributed by atoms with Gasteiger partial charge in [0.15, 0.2) is 5.78 Å². The number of carbonyl (C=O) groups excluding carboxylic acids is 2. The number of hydrogen-bond donors (Lipinski definition) is 2. The van der Waals surface area contributed by atoms with Crippen LogP contribution in [0.3, 0.4) is 0 Å². The van der Waals surface area contributed by atoms with Gasteiger partial charge in [0.05, 0.1) is 12.2 Å². The maximum Gasteiger partial charge on any atom is 0.336 e. The van der Waals surface area contributed by atoms with E-state index in [1.54, 1.807) is 29.5 Å². The fraction of sp³-hybridized carbons (Fsp3) is 0.241. The Hall–Kier alpha value is -3.64. The summed E-state index contributed by atoms with van der Waals surface area (Å²) >= 11 is 1.66. The Balaban J connectivity index is 1.46. The first-order valence-electron chi connectivity index (χ1n) is 11.8. The summed E-state index contributed by atoms with van der Waals surface area (Å²) in [5, 5.41) is 15.6. The van der Waals surface area contributed by atoms with Crippen LogP contribution < -0.4 is 5.32 Å². The van der Waals surface area contributed by atoms with Crippen molar-refractivity contribution >= 4 is 23.1 Å². The monoisotopic (exact) mass is 485 g/mol. The number of esters is 1. The van der Waals surface area contributed by atoms with Crippen LogP contribution in [0.2, 0.25) is 0 Å². The average Bonchev–Trinajstić information content (AvgIpc) is 3.39. The highest BCUT2D eigenvalue weighted by atomic mass is 32.1. The number of phenols is 1. The third-order valence-electron chi connectivity index (χ3n) is 6.66. The number of phenolic OH excluding ortho intramolecular Hbond substituents is 1. The molecule has 2 aliphatic rings. The van der Waals surface area contributed by atoms with E-state index in [9.17, 15) is 14.7 Å². The number of benzene rings is 2. The van der Waals surface area contributed by atoms with E-state index < -0.39 is 11.9 Å². The summed E-state index contributed by atoms with van der Waals surface area (Å²) in [5.74, 6) is -0.797. The minimum absolute atomic E-state index is 0.0209. The maximum atomic E-state index is 13.5. The summed E-state index contributed by atoms with van der Waals surface area (Å²) in [6.07, 6.45) is 1.70. The van der Waals surface area contributed by atoms with Crippen LogP contribution in [0.1, 0.15) is 47.6 Å². The van der Waals surface area contributed by atoms with Gasteiger partial charge in [-0.2, -0.15) is 0 Å². The smallest absolute Gasteiger partial charge is 0.336 e. The quantitative estimate of drug-likeness (QED) is 0.445. The highest BCUT2D eigenvalue weighted by molar-refractivity contribution is 7.10. The third-order valence-corrected chi connectivity index (χ3v) is 7.70. The molecule has 2 N–H and O–H groups in total. The number of rotatable bonds is 6. The minimum Gasteiger partial charge on any atom is -0.508 e. The molecule has 5 rings (SSSR count). The molecule has 0 saturated carbocycles. The molecule has 1 aliphatic heterocycles. The van der Waals surface area contributed by atoms with Crippen molar-refractivity contribution in [1.82, 2.24) is 5.32 Å². The van der Waals surface area contributed by atoms with E-state index in [0.29, 0.717) is 41.7 Å². The van der Waals surface area contributed by atoms with Crippen LogP contribution in [0.15, 0.2) is 94.7 Å². The predicted octanol–water partition coefficient (Wildman–Crippen LogP) is 5.60. The van der Waals surface area contributed by atoms with E-state index >= 15 is 0 Å². The summed E-state index contributed by atoms with van der Waals surface area (Å²) in [6.45, 7) is 2.10. The van der Waals surface area contributed by atoms with E-state index in [0.717, 1.165) is 11.3 Å². The van der Waals surface area contributed by atoms with Gasteiger partial charge in [0, 0.05) is 46.5 Å². The Bertz CT molecular complexity index is 1310. The van der Waals surface area contributed by atoms with Gasteiger partial charge in [0.25, 0.3) is 0 Å². The second-order valence-electron chi connectivity index (χ2n) is 9.00. The van der Waals surface area contributed by atoms with Gasteiger partial charge >= 0.3 is 5.97 Å². The Morgan fingerprint density at radius 2 is 1.91 bits per heavy atom. The zero-order chi connectivity index (χ0) is 24.4. The molecule has 35 heavy (non-hydrogen) atoms. The standard InChI is InChI=1S/C29H27NO4S/c1-18-26(29(33)34-13-12-19-7-3-2-4-8-19)27(20-9-5-10-22(31)15-20)28-23(30-18)16-21(17-24(28)32)25-11-6-14-35-25/h2-11,14-15,21,27,30-31H,12-13,16-17H2,1H3. The summed E-state index contributed by atoms with van der Waals surface area (Å²) in [5.41, 5.74) is 4.35. The van der Waals surface area contributed by atoms with Crippen LogP contribution >= 0.6 is 11.3 Å². The average molecular weight is 486 g/mol. The first-order valence-corrected chi connectivity index (χ1v) is 12.7. The second-order valence-corrected chi connectivity index (χ2v) is 9.98. The van der Waals surface area contributed by atoms with Crippen LogP contribution in [-0.4, -0.2) is 23.5 Å². The van der Waals surface area contributed by atoms with Gasteiger partial charge < -0.3 is 15.2 Å². The number of hydrogen-bond acceptors (Lipinski definition) is 6. The van der Waals surface area contributed by atoms with Gasteiger partial charge in [0.1, 0.15) is 5.75 Å². The largest absolute Gasteiger partial charge is 0.508 e. The molecule has 2 aromatic carbocycles. The zero-order valence-corrected chi connectivity index (χ0v) is 20.3. The summed E-state index contributed by atoms with van der Waals surface area (Å²) in [6, 6.07) is 20.7. The number of ketones is 1. The van der Waals surface area contributed by atoms with E-state index in [-0.39, 0.29) is 24.1 Å². The van der Waals surface area contributed by atoms with Crippen LogP contribution in [0.25, 0.3) is 0 Å². The van der Waals surface area contributed by atoms with Gasteiger partial charge in [-0.15, -0.1) is 11.3 Å². The number of carbonyl (C=O) groups is 2. The molecule has 1 aromatic heterocycles. The highest BCUT2D eigenvalue weighted by Gasteiger charge is 2.41. The minimum atomic E-state index is -0.584. The number of dihydropyridines is 1. The lowest BCUT2D eigenvalue weighted by Gasteiger charge is -2.36. The van der Waals surface area contributed by atoms with Crippen molar-refractivity contribution in [2.24, 2.45) is 0 Å². The number of thiophene rings is 1. The van der Waals surface area contributed by atoms with Crippen LogP contribution in [0.4, 0.5) is 0 Å². The van der Waals surface area contributed by atoms with E-state index in [1.165, 1.54) is 4.88 Å². The van der Waals surface area contributed by atoms with Crippen molar-refractivity contribution in [3.63, 3.8) is 0 Å². The highest BCUT2D eigenvalue weighted by Crippen LogP contribution is 2.46. The van der Waals surface area contributed by atoms with Crippen LogP contribution in [0.5, 0.6) is 5.75 Å². The Morgan fingerprint density at radius 3 is 2.66 bits per heavy atom. The lowest BCUT2D eigenvalue weighted by molar-refractivity contribution is -0.139. The molecule has 0 fully saturated rings. The number of Topliss-reactive ketones (excluding diaryl/α,β-unsaturated/α-hetero) is 1. The fourth-order valence-electron chi connectivity index (χ4n) is 5.06. The topological polar surface area (TPSA) is 75.6 Å². The van der Waals surface area contributed by atoms with Gasteiger partial charge in [0.2, 0.25) is 0 Å². The molecule has 1 aliphatic carbocycles. The lowest BCUT2D eigenvalue weighted by Crippen LogP contribution is -2.36. The molecule has 5 nitrogen and oxygen atoms in total. The van der Waals surface area contributed by atoms with E-state index in [1.807, 2.05) is 54.8 Å². The molecule has 0 spiro atoms. The number of allylic oxidation sites excluding steroid dienone is 3. The maximum absolute atomic E-state index is 13.5. The summed E-state index contributed by atoms with van der Waals surface area (Å²) in [7, 11) is 0. The molecule has 178 valence electrons. The van der Waals surface area contributed by atoms with Gasteiger partial charge in [-0.25, -0.2) is 4.79 Å². The molecule has 0 bridgehead atoms. The molecule has 0 radical (unpaired) electrons. The van der Waals surface area contributed by atoms with Crippen molar-refractivity contribution in [2.75, 3.05) is 6.61 Å². The van der Waals surface area contributed by atoms with Crippen molar-refractivity contribution in [1.29, 1.82) is 0 Å². The second kappa shape index (κ2) is 9.92. The predicted molar refractivity (Wildman–Crippen MR) is 136 cm³/mol. The molecule has 3 aromatic rings. The van der Waals surface area contributed by atoms with Crippen molar-refractivity contribution < 1.29 is 19.4 Å². The Labute approximate surface area is 208 Å². The van der Waals surface area contributed by atoms with Crippen LogP contribution in [0, 0.1) is 0 Å². The van der Waals surface area contributed by atoms with Crippen LogP contribution in [-0.2, 0) is 20.7 Å². The first kappa shape index (κ1) is 23.1.